The van der Waals surface area contributed by atoms with Crippen LogP contribution in [0, 0.1) is 0 Å². The van der Waals surface area contributed by atoms with Gasteiger partial charge in [-0.05, 0) is 49.2 Å². The molecule has 0 aliphatic heterocycles. The summed E-state index contributed by atoms with van der Waals surface area (Å²) in [7, 11) is 2.01. The molecule has 24 heavy (non-hydrogen) atoms. The smallest absolute Gasteiger partial charge is 0.122 e. The zero-order valence-electron chi connectivity index (χ0n) is 14.3. The van der Waals surface area contributed by atoms with Crippen LogP contribution in [-0.2, 0) is 12.8 Å². The van der Waals surface area contributed by atoms with Crippen LogP contribution >= 0.6 is 0 Å². The summed E-state index contributed by atoms with van der Waals surface area (Å²) in [6.45, 7) is 5.51. The van der Waals surface area contributed by atoms with Crippen LogP contribution in [0.3, 0.4) is 0 Å². The quantitative estimate of drug-likeness (QED) is 0.682. The Labute approximate surface area is 144 Å². The van der Waals surface area contributed by atoms with Crippen molar-refractivity contribution in [3.8, 4) is 5.75 Å². The first kappa shape index (κ1) is 18.2. The van der Waals surface area contributed by atoms with E-state index in [1.165, 1.54) is 5.56 Å². The molecule has 1 heterocycles. The Morgan fingerprint density at radius 3 is 2.75 bits per heavy atom. The zero-order chi connectivity index (χ0) is 17.2. The normalized spacial score (nSPS) is 12.1. The number of hydrogen-bond donors (Lipinski definition) is 1. The van der Waals surface area contributed by atoms with Crippen LogP contribution in [0.1, 0.15) is 11.1 Å². The maximum absolute atomic E-state index is 10.2. The van der Waals surface area contributed by atoms with E-state index in [-0.39, 0.29) is 6.61 Å². The maximum Gasteiger partial charge on any atom is 0.122 e. The Bertz CT molecular complexity index is 616. The first-order valence-corrected chi connectivity index (χ1v) is 8.26. The minimum absolute atomic E-state index is 0.285. The number of aliphatic hydroxyl groups is 1. The standard InChI is InChI=1S/C20H26N2O2/c1-3-6-18-7-4-5-8-20(18)24-16-19(23)15-22(2)14-11-17-9-12-21-13-10-17/h3-5,7-10,12-13,19,23H,1,6,11,14-16H2,2H3. The van der Waals surface area contributed by atoms with E-state index in [0.717, 1.165) is 30.7 Å². The van der Waals surface area contributed by atoms with Gasteiger partial charge in [-0.15, -0.1) is 6.58 Å². The molecular formula is C20H26N2O2. The molecule has 1 unspecified atom stereocenters. The van der Waals surface area contributed by atoms with Crippen LogP contribution in [0.5, 0.6) is 5.75 Å². The lowest BCUT2D eigenvalue weighted by atomic mass is 10.1. The van der Waals surface area contributed by atoms with E-state index >= 15 is 0 Å². The van der Waals surface area contributed by atoms with Gasteiger partial charge in [-0.2, -0.15) is 0 Å². The molecule has 4 heteroatoms. The van der Waals surface area contributed by atoms with Gasteiger partial charge in [0.05, 0.1) is 0 Å². The highest BCUT2D eigenvalue weighted by atomic mass is 16.5. The molecule has 0 spiro atoms. The van der Waals surface area contributed by atoms with Crippen LogP contribution in [0.2, 0.25) is 0 Å². The molecule has 0 saturated carbocycles. The van der Waals surface area contributed by atoms with Gasteiger partial charge in [-0.25, -0.2) is 0 Å². The van der Waals surface area contributed by atoms with E-state index in [1.807, 2.05) is 49.5 Å². The van der Waals surface area contributed by atoms with E-state index in [0.29, 0.717) is 6.54 Å². The lowest BCUT2D eigenvalue weighted by molar-refractivity contribution is 0.0763. The molecule has 1 N–H and O–H groups in total. The van der Waals surface area contributed by atoms with Gasteiger partial charge < -0.3 is 14.7 Å². The number of para-hydroxylation sites is 1. The van der Waals surface area contributed by atoms with E-state index < -0.39 is 6.10 Å². The third kappa shape index (κ3) is 6.14. The highest BCUT2D eigenvalue weighted by molar-refractivity contribution is 5.34. The van der Waals surface area contributed by atoms with Gasteiger partial charge in [0.1, 0.15) is 18.5 Å². The molecule has 1 atom stereocenters. The highest BCUT2D eigenvalue weighted by Crippen LogP contribution is 2.18. The summed E-state index contributed by atoms with van der Waals surface area (Å²) in [6, 6.07) is 11.9. The summed E-state index contributed by atoms with van der Waals surface area (Å²) in [6.07, 6.45) is 6.64. The molecule has 1 aromatic heterocycles. The number of pyridine rings is 1. The first-order chi connectivity index (χ1) is 11.7. The van der Waals surface area contributed by atoms with E-state index in [4.69, 9.17) is 4.74 Å². The molecule has 0 radical (unpaired) electrons. The van der Waals surface area contributed by atoms with Crippen molar-refractivity contribution in [1.82, 2.24) is 9.88 Å². The van der Waals surface area contributed by atoms with E-state index in [9.17, 15) is 5.11 Å². The molecule has 2 aromatic rings. The topological polar surface area (TPSA) is 45.6 Å². The number of rotatable bonds is 10. The van der Waals surface area contributed by atoms with Crippen LogP contribution in [0.4, 0.5) is 0 Å². The lowest BCUT2D eigenvalue weighted by Gasteiger charge is -2.21. The number of aromatic nitrogens is 1. The second-order valence-corrected chi connectivity index (χ2v) is 5.93. The summed E-state index contributed by atoms with van der Waals surface area (Å²) in [5, 5.41) is 10.2. The molecule has 0 fully saturated rings. The average Bonchev–Trinajstić information content (AvgIpc) is 2.60. The summed E-state index contributed by atoms with van der Waals surface area (Å²) in [5.74, 6) is 0.816. The Balaban J connectivity index is 1.74. The molecule has 4 nitrogen and oxygen atoms in total. The van der Waals surface area contributed by atoms with Gasteiger partial charge >= 0.3 is 0 Å². The SMILES string of the molecule is C=CCc1ccccc1OCC(O)CN(C)CCc1ccncc1. The molecular weight excluding hydrogens is 300 g/mol. The average molecular weight is 326 g/mol. The summed E-state index contributed by atoms with van der Waals surface area (Å²) in [5.41, 5.74) is 2.34. The molecule has 1 aromatic carbocycles. The zero-order valence-corrected chi connectivity index (χ0v) is 14.3. The van der Waals surface area contributed by atoms with Gasteiger partial charge in [0.25, 0.3) is 0 Å². The van der Waals surface area contributed by atoms with Crippen molar-refractivity contribution in [2.75, 3.05) is 26.7 Å². The predicted molar refractivity (Wildman–Crippen MR) is 97.3 cm³/mol. The van der Waals surface area contributed by atoms with Crippen LogP contribution in [-0.4, -0.2) is 47.8 Å². The van der Waals surface area contributed by atoms with Crippen molar-refractivity contribution in [2.45, 2.75) is 18.9 Å². The van der Waals surface area contributed by atoms with Crippen molar-refractivity contribution < 1.29 is 9.84 Å². The maximum atomic E-state index is 10.2. The monoisotopic (exact) mass is 326 g/mol. The number of allylic oxidation sites excluding steroid dienone is 1. The lowest BCUT2D eigenvalue weighted by Crippen LogP contribution is -2.34. The number of hydrogen-bond acceptors (Lipinski definition) is 4. The number of aliphatic hydroxyl groups excluding tert-OH is 1. The number of benzene rings is 1. The fourth-order valence-corrected chi connectivity index (χ4v) is 2.53. The van der Waals surface area contributed by atoms with Crippen molar-refractivity contribution >= 4 is 0 Å². The minimum Gasteiger partial charge on any atom is -0.491 e. The number of nitrogens with zero attached hydrogens (tertiary/aromatic N) is 2. The highest BCUT2D eigenvalue weighted by Gasteiger charge is 2.10. The fraction of sp³-hybridized carbons (Fsp3) is 0.350. The Hall–Kier alpha value is -2.17. The number of ether oxygens (including phenoxy) is 1. The Morgan fingerprint density at radius 2 is 2.00 bits per heavy atom. The van der Waals surface area contributed by atoms with Gasteiger partial charge in [0.2, 0.25) is 0 Å². The van der Waals surface area contributed by atoms with Gasteiger partial charge in [-0.1, -0.05) is 24.3 Å². The molecule has 0 aliphatic rings. The Morgan fingerprint density at radius 1 is 1.25 bits per heavy atom. The van der Waals surface area contributed by atoms with Gasteiger partial charge in [0.15, 0.2) is 0 Å². The van der Waals surface area contributed by atoms with Crippen LogP contribution in [0.15, 0.2) is 61.4 Å². The second-order valence-electron chi connectivity index (χ2n) is 5.93. The van der Waals surface area contributed by atoms with E-state index in [2.05, 4.69) is 16.5 Å². The fourth-order valence-electron chi connectivity index (χ4n) is 2.53. The van der Waals surface area contributed by atoms with Crippen LogP contribution in [0.25, 0.3) is 0 Å². The summed E-state index contributed by atoms with van der Waals surface area (Å²) >= 11 is 0. The van der Waals surface area contributed by atoms with Gasteiger partial charge in [-0.3, -0.25) is 4.98 Å². The molecule has 128 valence electrons. The molecule has 0 saturated heterocycles. The molecule has 0 bridgehead atoms. The predicted octanol–water partition coefficient (Wildman–Crippen LogP) is 2.72. The Kier molecular flexibility index (Phi) is 7.46. The third-order valence-corrected chi connectivity index (χ3v) is 3.82. The van der Waals surface area contributed by atoms with Crippen molar-refractivity contribution in [3.63, 3.8) is 0 Å². The third-order valence-electron chi connectivity index (χ3n) is 3.82. The van der Waals surface area contributed by atoms with Crippen molar-refractivity contribution in [2.24, 2.45) is 0 Å². The van der Waals surface area contributed by atoms with E-state index in [1.54, 1.807) is 12.4 Å². The molecule has 0 aliphatic carbocycles. The molecule has 2 rings (SSSR count). The van der Waals surface area contributed by atoms with Crippen LogP contribution < -0.4 is 4.74 Å². The minimum atomic E-state index is -0.524. The largest absolute Gasteiger partial charge is 0.491 e. The van der Waals surface area contributed by atoms with Crippen molar-refractivity contribution in [3.05, 3.63) is 72.6 Å². The first-order valence-electron chi connectivity index (χ1n) is 8.26. The van der Waals surface area contributed by atoms with Crippen molar-refractivity contribution in [1.29, 1.82) is 0 Å². The second kappa shape index (κ2) is 9.85. The summed E-state index contributed by atoms with van der Waals surface area (Å²) < 4.78 is 5.78. The van der Waals surface area contributed by atoms with Gasteiger partial charge in [0, 0.05) is 25.5 Å². The number of likely N-dealkylation sites (N-methyl/N-ethyl adjacent to an activating group) is 1. The summed E-state index contributed by atoms with van der Waals surface area (Å²) in [4.78, 5) is 6.13. The molecule has 0 amide bonds.